The lowest BCUT2D eigenvalue weighted by atomic mass is 10.00. The molecule has 0 N–H and O–H groups in total. The molecule has 0 unspecified atom stereocenters. The number of pyridine rings is 1. The summed E-state index contributed by atoms with van der Waals surface area (Å²) in [6.07, 6.45) is 2.54. The van der Waals surface area contributed by atoms with Crippen LogP contribution in [-0.2, 0) is 24.3 Å². The van der Waals surface area contributed by atoms with Crippen LogP contribution in [-0.4, -0.2) is 29.0 Å². The number of hydrogen-bond donors (Lipinski definition) is 0. The van der Waals surface area contributed by atoms with Crippen molar-refractivity contribution >= 4 is 16.7 Å². The molecule has 1 aromatic heterocycles. The highest BCUT2D eigenvalue weighted by Gasteiger charge is 2.21. The van der Waals surface area contributed by atoms with Crippen LogP contribution in [0.1, 0.15) is 11.1 Å². The molecule has 0 fully saturated rings. The van der Waals surface area contributed by atoms with Crippen LogP contribution in [0, 0.1) is 0 Å². The summed E-state index contributed by atoms with van der Waals surface area (Å²) < 4.78 is 6.68. The number of methoxy groups -OCH3 is 1. The van der Waals surface area contributed by atoms with E-state index in [4.69, 9.17) is 4.74 Å². The smallest absolute Gasteiger partial charge is 0.258 e. The van der Waals surface area contributed by atoms with Crippen LogP contribution in [0.5, 0.6) is 5.75 Å². The standard InChI is InChI=1S/C21H20N2O3/c1-26-18-6-7-19-16(12-18)9-11-23(21(19)25)14-20(24)22-10-8-15-4-2-3-5-17(15)13-22/h2-7,9,11-12H,8,10,13-14H2,1H3. The van der Waals surface area contributed by atoms with Crippen molar-refractivity contribution in [2.45, 2.75) is 19.5 Å². The van der Waals surface area contributed by atoms with E-state index in [2.05, 4.69) is 12.1 Å². The molecule has 0 bridgehead atoms. The van der Waals surface area contributed by atoms with E-state index in [1.807, 2.05) is 29.2 Å². The number of hydrogen-bond acceptors (Lipinski definition) is 3. The summed E-state index contributed by atoms with van der Waals surface area (Å²) in [4.78, 5) is 27.2. The van der Waals surface area contributed by atoms with E-state index >= 15 is 0 Å². The minimum absolute atomic E-state index is 0.0329. The first-order valence-corrected chi connectivity index (χ1v) is 8.67. The molecule has 1 aliphatic rings. The van der Waals surface area contributed by atoms with E-state index in [9.17, 15) is 9.59 Å². The lowest BCUT2D eigenvalue weighted by Crippen LogP contribution is -2.39. The highest BCUT2D eigenvalue weighted by Crippen LogP contribution is 2.20. The van der Waals surface area contributed by atoms with E-state index in [-0.39, 0.29) is 18.0 Å². The van der Waals surface area contributed by atoms with Gasteiger partial charge in [-0.3, -0.25) is 9.59 Å². The molecule has 3 aromatic rings. The number of aromatic nitrogens is 1. The molecule has 0 saturated carbocycles. The number of benzene rings is 2. The molecule has 1 aliphatic heterocycles. The van der Waals surface area contributed by atoms with Crippen molar-refractivity contribution in [1.29, 1.82) is 0 Å². The van der Waals surface area contributed by atoms with Gasteiger partial charge in [0.05, 0.1) is 7.11 Å². The van der Waals surface area contributed by atoms with Gasteiger partial charge < -0.3 is 14.2 Å². The van der Waals surface area contributed by atoms with Gasteiger partial charge in [-0.1, -0.05) is 24.3 Å². The maximum absolute atomic E-state index is 12.7. The number of carbonyl (C=O) groups excluding carboxylic acids is 1. The molecule has 2 heterocycles. The second kappa shape index (κ2) is 6.67. The SMILES string of the molecule is COc1ccc2c(=O)n(CC(=O)N3CCc4ccccc4C3)ccc2c1. The van der Waals surface area contributed by atoms with Crippen LogP contribution >= 0.6 is 0 Å². The van der Waals surface area contributed by atoms with Gasteiger partial charge in [-0.15, -0.1) is 0 Å². The zero-order valence-electron chi connectivity index (χ0n) is 14.6. The molecule has 0 spiro atoms. The van der Waals surface area contributed by atoms with Gasteiger partial charge in [0.15, 0.2) is 0 Å². The molecule has 132 valence electrons. The molecule has 0 saturated heterocycles. The Labute approximate surface area is 151 Å². The summed E-state index contributed by atoms with van der Waals surface area (Å²) in [6.45, 7) is 1.35. The summed E-state index contributed by atoms with van der Waals surface area (Å²) in [6, 6.07) is 15.4. The number of amides is 1. The van der Waals surface area contributed by atoms with E-state index in [0.29, 0.717) is 24.2 Å². The molecular formula is C21H20N2O3. The van der Waals surface area contributed by atoms with Crippen molar-refractivity contribution in [2.75, 3.05) is 13.7 Å². The highest BCUT2D eigenvalue weighted by molar-refractivity contribution is 5.83. The second-order valence-corrected chi connectivity index (χ2v) is 6.54. The van der Waals surface area contributed by atoms with Crippen molar-refractivity contribution in [3.63, 3.8) is 0 Å². The Morgan fingerprint density at radius 3 is 2.73 bits per heavy atom. The summed E-state index contributed by atoms with van der Waals surface area (Å²) in [5.41, 5.74) is 2.33. The normalized spacial score (nSPS) is 13.5. The van der Waals surface area contributed by atoms with Gasteiger partial charge in [0.25, 0.3) is 5.56 Å². The molecule has 2 aromatic carbocycles. The monoisotopic (exact) mass is 348 g/mol. The van der Waals surface area contributed by atoms with Gasteiger partial charge >= 0.3 is 0 Å². The zero-order valence-corrected chi connectivity index (χ0v) is 14.6. The first-order valence-electron chi connectivity index (χ1n) is 8.67. The van der Waals surface area contributed by atoms with Crippen molar-refractivity contribution < 1.29 is 9.53 Å². The zero-order chi connectivity index (χ0) is 18.1. The topological polar surface area (TPSA) is 51.5 Å². The molecule has 0 atom stereocenters. The van der Waals surface area contributed by atoms with Crippen LogP contribution in [0.3, 0.4) is 0 Å². The Kier molecular flexibility index (Phi) is 4.21. The highest BCUT2D eigenvalue weighted by atomic mass is 16.5. The molecule has 0 aliphatic carbocycles. The maximum atomic E-state index is 12.7. The number of fused-ring (bicyclic) bond motifs is 2. The molecule has 4 rings (SSSR count). The van der Waals surface area contributed by atoms with Gasteiger partial charge in [-0.05, 0) is 47.2 Å². The predicted octanol–water partition coefficient (Wildman–Crippen LogP) is 2.60. The lowest BCUT2D eigenvalue weighted by Gasteiger charge is -2.29. The lowest BCUT2D eigenvalue weighted by molar-refractivity contribution is -0.132. The fourth-order valence-electron chi connectivity index (χ4n) is 3.47. The summed E-state index contributed by atoms with van der Waals surface area (Å²) >= 11 is 0. The van der Waals surface area contributed by atoms with Crippen LogP contribution in [0.4, 0.5) is 0 Å². The summed E-state index contributed by atoms with van der Waals surface area (Å²) in [7, 11) is 1.60. The average Bonchev–Trinajstić information content (AvgIpc) is 2.69. The van der Waals surface area contributed by atoms with Crippen LogP contribution in [0.2, 0.25) is 0 Å². The quantitative estimate of drug-likeness (QED) is 0.731. The van der Waals surface area contributed by atoms with E-state index in [1.54, 1.807) is 25.4 Å². The van der Waals surface area contributed by atoms with E-state index in [0.717, 1.165) is 11.8 Å². The molecule has 1 amide bonds. The first kappa shape index (κ1) is 16.4. The molecule has 5 heteroatoms. The number of carbonyl (C=O) groups is 1. The largest absolute Gasteiger partial charge is 0.497 e. The molecule has 0 radical (unpaired) electrons. The van der Waals surface area contributed by atoms with Crippen molar-refractivity contribution in [3.05, 3.63) is 76.2 Å². The van der Waals surface area contributed by atoms with Crippen LogP contribution in [0.15, 0.2) is 59.5 Å². The third-order valence-corrected chi connectivity index (χ3v) is 4.97. The van der Waals surface area contributed by atoms with Gasteiger partial charge in [-0.2, -0.15) is 0 Å². The Bertz CT molecular complexity index is 1040. The maximum Gasteiger partial charge on any atom is 0.258 e. The Morgan fingerprint density at radius 1 is 1.12 bits per heavy atom. The number of rotatable bonds is 3. The number of nitrogens with zero attached hydrogens (tertiary/aromatic N) is 2. The van der Waals surface area contributed by atoms with Gasteiger partial charge in [0.2, 0.25) is 5.91 Å². The van der Waals surface area contributed by atoms with Gasteiger partial charge in [0.1, 0.15) is 12.3 Å². The molecule has 26 heavy (non-hydrogen) atoms. The van der Waals surface area contributed by atoms with Gasteiger partial charge in [0, 0.05) is 24.7 Å². The van der Waals surface area contributed by atoms with Crippen LogP contribution < -0.4 is 10.3 Å². The van der Waals surface area contributed by atoms with Crippen molar-refractivity contribution in [1.82, 2.24) is 9.47 Å². The first-order chi connectivity index (χ1) is 12.7. The van der Waals surface area contributed by atoms with Gasteiger partial charge in [-0.25, -0.2) is 0 Å². The second-order valence-electron chi connectivity index (χ2n) is 6.54. The van der Waals surface area contributed by atoms with Crippen LogP contribution in [0.25, 0.3) is 10.8 Å². The molecular weight excluding hydrogens is 328 g/mol. The Hall–Kier alpha value is -3.08. The van der Waals surface area contributed by atoms with Crippen molar-refractivity contribution in [2.24, 2.45) is 0 Å². The van der Waals surface area contributed by atoms with E-state index < -0.39 is 0 Å². The average molecular weight is 348 g/mol. The van der Waals surface area contributed by atoms with Crippen molar-refractivity contribution in [3.8, 4) is 5.75 Å². The third-order valence-electron chi connectivity index (χ3n) is 4.97. The minimum Gasteiger partial charge on any atom is -0.497 e. The number of ether oxygens (including phenoxy) is 1. The predicted molar refractivity (Wildman–Crippen MR) is 100 cm³/mol. The summed E-state index contributed by atoms with van der Waals surface area (Å²) in [5, 5.41) is 1.40. The summed E-state index contributed by atoms with van der Waals surface area (Å²) in [5.74, 6) is 0.673. The fourth-order valence-corrected chi connectivity index (χ4v) is 3.47. The van der Waals surface area contributed by atoms with E-state index in [1.165, 1.54) is 15.7 Å². The molecule has 5 nitrogen and oxygen atoms in total. The Balaban J connectivity index is 1.57. The minimum atomic E-state index is -0.157. The third kappa shape index (κ3) is 2.96. The fraction of sp³-hybridized carbons (Fsp3) is 0.238. The Morgan fingerprint density at radius 2 is 1.92 bits per heavy atom.